The van der Waals surface area contributed by atoms with E-state index in [1.54, 1.807) is 6.92 Å². The highest BCUT2D eigenvalue weighted by molar-refractivity contribution is 5.89. The third kappa shape index (κ3) is 5.01. The van der Waals surface area contributed by atoms with Crippen LogP contribution in [0.4, 0.5) is 0 Å². The lowest BCUT2D eigenvalue weighted by atomic mass is 9.71. The lowest BCUT2D eigenvalue weighted by molar-refractivity contribution is -0.144. The maximum Gasteiger partial charge on any atom is 0.234 e. The van der Waals surface area contributed by atoms with E-state index >= 15 is 0 Å². The second-order valence-corrected chi connectivity index (χ2v) is 8.74. The first-order chi connectivity index (χ1) is 14.3. The third-order valence-corrected chi connectivity index (χ3v) is 6.27. The smallest absolute Gasteiger partial charge is 0.234 e. The average molecular weight is 415 g/mol. The summed E-state index contributed by atoms with van der Waals surface area (Å²) in [6, 6.07) is 10.1. The first-order valence-electron chi connectivity index (χ1n) is 10.9. The number of hydrogen-bond acceptors (Lipinski definition) is 4. The highest BCUT2D eigenvalue weighted by Gasteiger charge is 2.45. The molecule has 0 bridgehead atoms. The van der Waals surface area contributed by atoms with E-state index in [1.807, 2.05) is 54.0 Å². The molecule has 2 aliphatic heterocycles. The fourth-order valence-electron chi connectivity index (χ4n) is 4.57. The molecular formula is C23H34N4O3. The van der Waals surface area contributed by atoms with Gasteiger partial charge in [0.25, 0.3) is 0 Å². The fourth-order valence-corrected chi connectivity index (χ4v) is 4.57. The van der Waals surface area contributed by atoms with Crippen molar-refractivity contribution < 1.29 is 14.4 Å². The summed E-state index contributed by atoms with van der Waals surface area (Å²) in [5.74, 6) is 0.253. The molecule has 2 aliphatic rings. The quantitative estimate of drug-likeness (QED) is 0.787. The zero-order chi connectivity index (χ0) is 21.7. The maximum atomic E-state index is 13.8. The summed E-state index contributed by atoms with van der Waals surface area (Å²) in [4.78, 5) is 43.5. The van der Waals surface area contributed by atoms with Crippen molar-refractivity contribution in [2.45, 2.75) is 45.1 Å². The van der Waals surface area contributed by atoms with Gasteiger partial charge < -0.3 is 15.1 Å². The lowest BCUT2D eigenvalue weighted by Gasteiger charge is -2.45. The molecule has 164 valence electrons. The van der Waals surface area contributed by atoms with Gasteiger partial charge in [-0.1, -0.05) is 30.3 Å². The number of rotatable bonds is 5. The number of piperazine rings is 1. The van der Waals surface area contributed by atoms with Crippen LogP contribution in [0.25, 0.3) is 0 Å². The summed E-state index contributed by atoms with van der Waals surface area (Å²) >= 11 is 0. The van der Waals surface area contributed by atoms with Crippen LogP contribution in [-0.2, 0) is 19.8 Å². The van der Waals surface area contributed by atoms with Gasteiger partial charge in [-0.3, -0.25) is 19.3 Å². The third-order valence-electron chi connectivity index (χ3n) is 6.27. The van der Waals surface area contributed by atoms with Crippen LogP contribution in [0.3, 0.4) is 0 Å². The van der Waals surface area contributed by atoms with E-state index in [-0.39, 0.29) is 23.8 Å². The van der Waals surface area contributed by atoms with Gasteiger partial charge in [0.1, 0.15) is 0 Å². The van der Waals surface area contributed by atoms with E-state index in [9.17, 15) is 14.4 Å². The van der Waals surface area contributed by atoms with Gasteiger partial charge in [-0.05, 0) is 32.3 Å². The average Bonchev–Trinajstić information content (AvgIpc) is 2.74. The minimum absolute atomic E-state index is 0.0298. The Morgan fingerprint density at radius 2 is 1.53 bits per heavy atom. The van der Waals surface area contributed by atoms with E-state index in [4.69, 9.17) is 0 Å². The minimum Gasteiger partial charge on any atom is -0.353 e. The highest BCUT2D eigenvalue weighted by Crippen LogP contribution is 2.37. The summed E-state index contributed by atoms with van der Waals surface area (Å²) in [6.45, 7) is 9.71. The topological polar surface area (TPSA) is 73.0 Å². The van der Waals surface area contributed by atoms with Gasteiger partial charge in [0.05, 0.1) is 12.0 Å². The minimum atomic E-state index is -0.579. The summed E-state index contributed by atoms with van der Waals surface area (Å²) in [7, 11) is 0. The molecule has 0 aromatic heterocycles. The summed E-state index contributed by atoms with van der Waals surface area (Å²) in [6.07, 6.45) is 1.29. The van der Waals surface area contributed by atoms with Crippen LogP contribution < -0.4 is 5.32 Å². The van der Waals surface area contributed by atoms with E-state index in [1.165, 1.54) is 0 Å². The molecule has 1 aromatic rings. The standard InChI is InChI=1S/C23H34N4O3/c1-18(2)24-21(29)17-25-13-15-27(16-14-25)22(30)23(20-7-5-4-6-8-20)9-11-26(12-10-23)19(3)28/h4-8,18H,9-17H2,1-3H3,(H,24,29). The number of benzene rings is 1. The number of nitrogens with zero attached hydrogens (tertiary/aromatic N) is 3. The Kier molecular flexibility index (Phi) is 7.13. The molecule has 2 fully saturated rings. The summed E-state index contributed by atoms with van der Waals surface area (Å²) in [5.41, 5.74) is 0.460. The first kappa shape index (κ1) is 22.3. The molecule has 7 nitrogen and oxygen atoms in total. The number of likely N-dealkylation sites (tertiary alicyclic amines) is 1. The molecule has 30 heavy (non-hydrogen) atoms. The predicted octanol–water partition coefficient (Wildman–Crippen LogP) is 1.24. The number of carbonyl (C=O) groups is 3. The number of hydrogen-bond donors (Lipinski definition) is 1. The van der Waals surface area contributed by atoms with Crippen LogP contribution in [-0.4, -0.2) is 84.3 Å². The van der Waals surface area contributed by atoms with Gasteiger partial charge >= 0.3 is 0 Å². The number of piperidine rings is 1. The Hall–Kier alpha value is -2.41. The molecule has 2 saturated heterocycles. The Balaban J connectivity index is 1.68. The van der Waals surface area contributed by atoms with Crippen molar-refractivity contribution in [2.75, 3.05) is 45.8 Å². The molecule has 0 saturated carbocycles. The molecule has 0 spiro atoms. The molecule has 2 heterocycles. The molecule has 1 N–H and O–H groups in total. The van der Waals surface area contributed by atoms with E-state index in [2.05, 4.69) is 10.2 Å². The number of nitrogens with one attached hydrogen (secondary N) is 1. The summed E-state index contributed by atoms with van der Waals surface area (Å²) in [5, 5.41) is 2.92. The molecule has 3 amide bonds. The van der Waals surface area contributed by atoms with Crippen molar-refractivity contribution in [1.29, 1.82) is 0 Å². The van der Waals surface area contributed by atoms with Gasteiger partial charge in [-0.15, -0.1) is 0 Å². The molecule has 0 unspecified atom stereocenters. The summed E-state index contributed by atoms with van der Waals surface area (Å²) < 4.78 is 0. The van der Waals surface area contributed by atoms with Gasteiger partial charge in [0.2, 0.25) is 17.7 Å². The van der Waals surface area contributed by atoms with Crippen LogP contribution in [0, 0.1) is 0 Å². The van der Waals surface area contributed by atoms with Crippen molar-refractivity contribution in [3.8, 4) is 0 Å². The van der Waals surface area contributed by atoms with Gasteiger partial charge in [0.15, 0.2) is 0 Å². The molecule has 0 aliphatic carbocycles. The van der Waals surface area contributed by atoms with E-state index < -0.39 is 5.41 Å². The highest BCUT2D eigenvalue weighted by atomic mass is 16.2. The van der Waals surface area contributed by atoms with Crippen molar-refractivity contribution in [2.24, 2.45) is 0 Å². The number of amides is 3. The molecule has 7 heteroatoms. The predicted molar refractivity (Wildman–Crippen MR) is 116 cm³/mol. The van der Waals surface area contributed by atoms with Gasteiger partial charge in [0, 0.05) is 52.2 Å². The van der Waals surface area contributed by atoms with Crippen LogP contribution in [0.15, 0.2) is 30.3 Å². The zero-order valence-corrected chi connectivity index (χ0v) is 18.4. The maximum absolute atomic E-state index is 13.8. The number of carbonyl (C=O) groups excluding carboxylic acids is 3. The Bertz CT molecular complexity index is 749. The van der Waals surface area contributed by atoms with E-state index in [0.29, 0.717) is 58.7 Å². The second kappa shape index (κ2) is 9.60. The molecule has 0 atom stereocenters. The normalized spacial score (nSPS) is 19.6. The monoisotopic (exact) mass is 414 g/mol. The molecular weight excluding hydrogens is 380 g/mol. The van der Waals surface area contributed by atoms with Crippen molar-refractivity contribution in [3.05, 3.63) is 35.9 Å². The lowest BCUT2D eigenvalue weighted by Crippen LogP contribution is -2.58. The van der Waals surface area contributed by atoms with Gasteiger partial charge in [-0.2, -0.15) is 0 Å². The van der Waals surface area contributed by atoms with Crippen LogP contribution in [0.2, 0.25) is 0 Å². The molecule has 0 radical (unpaired) electrons. The zero-order valence-electron chi connectivity index (χ0n) is 18.4. The Morgan fingerprint density at radius 3 is 2.07 bits per heavy atom. The van der Waals surface area contributed by atoms with Crippen molar-refractivity contribution >= 4 is 17.7 Å². The first-order valence-corrected chi connectivity index (χ1v) is 10.9. The van der Waals surface area contributed by atoms with Crippen molar-refractivity contribution in [3.63, 3.8) is 0 Å². The van der Waals surface area contributed by atoms with Crippen LogP contribution in [0.1, 0.15) is 39.2 Å². The van der Waals surface area contributed by atoms with Crippen molar-refractivity contribution in [1.82, 2.24) is 20.0 Å². The second-order valence-electron chi connectivity index (χ2n) is 8.74. The fraction of sp³-hybridized carbons (Fsp3) is 0.609. The molecule has 3 rings (SSSR count). The Labute approximate surface area is 179 Å². The van der Waals surface area contributed by atoms with E-state index in [0.717, 1.165) is 5.56 Å². The SMILES string of the molecule is CC(=O)N1CCC(C(=O)N2CCN(CC(=O)NC(C)C)CC2)(c2ccccc2)CC1. The van der Waals surface area contributed by atoms with Gasteiger partial charge in [-0.25, -0.2) is 0 Å². The van der Waals surface area contributed by atoms with Crippen LogP contribution >= 0.6 is 0 Å². The molecule has 1 aromatic carbocycles. The largest absolute Gasteiger partial charge is 0.353 e. The van der Waals surface area contributed by atoms with Crippen LogP contribution in [0.5, 0.6) is 0 Å². The Morgan fingerprint density at radius 1 is 0.933 bits per heavy atom.